The Morgan fingerprint density at radius 1 is 0.833 bits per heavy atom. The number of ether oxygens (including phenoxy) is 5. The molecule has 3 aromatic carbocycles. The summed E-state index contributed by atoms with van der Waals surface area (Å²) in [6.07, 6.45) is 3.11. The topological polar surface area (TPSA) is 106 Å². The molecule has 8 nitrogen and oxygen atoms in total. The summed E-state index contributed by atoms with van der Waals surface area (Å²) in [6.45, 7) is 0.199. The zero-order valence-corrected chi connectivity index (χ0v) is 21.9. The van der Waals surface area contributed by atoms with Crippen molar-refractivity contribution < 1.29 is 33.3 Å². The Labute approximate surface area is 217 Å². The summed E-state index contributed by atoms with van der Waals surface area (Å²) in [5, 5.41) is 0. The number of hydrogen-bond donors (Lipinski definition) is 1. The van der Waals surface area contributed by atoms with Crippen molar-refractivity contribution in [3.63, 3.8) is 0 Å². The molecule has 0 aliphatic rings. The lowest BCUT2D eigenvalue weighted by atomic mass is 10.1. The third kappa shape index (κ3) is 6.17. The monoisotopic (exact) mass is 555 g/mol. The molecular weight excluding hydrogens is 530 g/mol. The van der Waals surface area contributed by atoms with E-state index in [4.69, 9.17) is 29.4 Å². The van der Waals surface area contributed by atoms with Crippen molar-refractivity contribution in [1.29, 1.82) is 0 Å². The molecule has 0 saturated heterocycles. The first-order valence-corrected chi connectivity index (χ1v) is 11.5. The fourth-order valence-electron chi connectivity index (χ4n) is 3.44. The Bertz CT molecular complexity index is 1280. The van der Waals surface area contributed by atoms with Gasteiger partial charge < -0.3 is 29.4 Å². The molecule has 0 aliphatic heterocycles. The Kier molecular flexibility index (Phi) is 8.97. The summed E-state index contributed by atoms with van der Waals surface area (Å²) in [5.74, 6) is 1.38. The number of allylic oxidation sites excluding steroid dienone is 1. The lowest BCUT2D eigenvalue weighted by Gasteiger charge is -2.14. The van der Waals surface area contributed by atoms with Gasteiger partial charge in [0.2, 0.25) is 11.7 Å². The third-order valence-electron chi connectivity index (χ3n) is 5.22. The first-order valence-electron chi connectivity index (χ1n) is 10.7. The molecule has 0 unspecified atom stereocenters. The molecule has 188 valence electrons. The molecule has 0 bridgehead atoms. The maximum absolute atomic E-state index is 12.9. The number of methoxy groups -OCH3 is 4. The molecule has 2 N–H and O–H groups in total. The van der Waals surface area contributed by atoms with Crippen LogP contribution in [0.5, 0.6) is 28.7 Å². The summed E-state index contributed by atoms with van der Waals surface area (Å²) < 4.78 is 28.0. The first kappa shape index (κ1) is 26.6. The van der Waals surface area contributed by atoms with Crippen molar-refractivity contribution in [1.82, 2.24) is 0 Å². The van der Waals surface area contributed by atoms with Gasteiger partial charge in [-0.1, -0.05) is 18.2 Å². The van der Waals surface area contributed by atoms with Gasteiger partial charge in [0.25, 0.3) is 0 Å². The number of carbonyl (C=O) groups is 2. The average molecular weight is 556 g/mol. The maximum Gasteiger partial charge on any atom is 0.248 e. The predicted molar refractivity (Wildman–Crippen MR) is 139 cm³/mol. The second-order valence-corrected chi connectivity index (χ2v) is 8.35. The number of ketones is 1. The van der Waals surface area contributed by atoms with E-state index < -0.39 is 5.91 Å². The highest BCUT2D eigenvalue weighted by molar-refractivity contribution is 9.10. The molecular formula is C27H26BrNO7. The molecule has 0 atom stereocenters. The van der Waals surface area contributed by atoms with E-state index in [0.29, 0.717) is 49.9 Å². The highest BCUT2D eigenvalue weighted by Crippen LogP contribution is 2.39. The fraction of sp³-hybridized carbons (Fsp3) is 0.185. The lowest BCUT2D eigenvalue weighted by molar-refractivity contribution is 0.0998. The number of carbonyl (C=O) groups excluding carboxylic acids is 2. The summed E-state index contributed by atoms with van der Waals surface area (Å²) in [6, 6.07) is 13.6. The molecule has 1 amide bonds. The van der Waals surface area contributed by atoms with E-state index in [1.54, 1.807) is 48.5 Å². The van der Waals surface area contributed by atoms with Crippen LogP contribution in [0.4, 0.5) is 0 Å². The number of rotatable bonds is 11. The van der Waals surface area contributed by atoms with Crippen molar-refractivity contribution in [2.24, 2.45) is 5.73 Å². The number of nitrogens with two attached hydrogens (primary N) is 1. The normalized spacial score (nSPS) is 10.7. The van der Waals surface area contributed by atoms with Gasteiger partial charge in [0.05, 0.1) is 32.9 Å². The molecule has 0 saturated carbocycles. The molecule has 0 aliphatic carbocycles. The average Bonchev–Trinajstić information content (AvgIpc) is 2.89. The minimum atomic E-state index is -0.507. The Morgan fingerprint density at radius 3 is 2.06 bits per heavy atom. The first-order chi connectivity index (χ1) is 17.3. The fourth-order valence-corrected chi connectivity index (χ4v) is 4.01. The van der Waals surface area contributed by atoms with Gasteiger partial charge in [0, 0.05) is 11.1 Å². The standard InChI is InChI=1S/C27H26BrNO7/c1-32-22-12-16(8-9-21(30)19-13-23(33-2)26(35-4)24(14-19)34-3)11-20(28)25(22)36-15-17-6-5-7-18(10-17)27(29)31/h5-14H,15H2,1-4H3,(H2,29,31)/b9-8+. The van der Waals surface area contributed by atoms with Crippen LogP contribution < -0.4 is 29.4 Å². The Balaban J connectivity index is 1.81. The van der Waals surface area contributed by atoms with Gasteiger partial charge in [-0.2, -0.15) is 0 Å². The highest BCUT2D eigenvalue weighted by Gasteiger charge is 2.16. The van der Waals surface area contributed by atoms with Gasteiger partial charge in [-0.15, -0.1) is 0 Å². The number of primary amides is 1. The van der Waals surface area contributed by atoms with Crippen molar-refractivity contribution in [2.75, 3.05) is 28.4 Å². The van der Waals surface area contributed by atoms with Crippen molar-refractivity contribution in [3.8, 4) is 28.7 Å². The van der Waals surface area contributed by atoms with Gasteiger partial charge in [0.1, 0.15) is 6.61 Å². The molecule has 0 heterocycles. The molecule has 0 radical (unpaired) electrons. The minimum Gasteiger partial charge on any atom is -0.493 e. The predicted octanol–water partition coefficient (Wildman–Crippen LogP) is 5.06. The number of halogens is 1. The quantitative estimate of drug-likeness (QED) is 0.260. The molecule has 0 aromatic heterocycles. The van der Waals surface area contributed by atoms with Gasteiger partial charge in [-0.3, -0.25) is 9.59 Å². The minimum absolute atomic E-state index is 0.199. The van der Waals surface area contributed by atoms with E-state index in [0.717, 1.165) is 5.56 Å². The molecule has 0 spiro atoms. The number of hydrogen-bond acceptors (Lipinski definition) is 7. The van der Waals surface area contributed by atoms with E-state index in [1.807, 2.05) is 6.07 Å². The molecule has 9 heteroatoms. The number of benzene rings is 3. The van der Waals surface area contributed by atoms with Crippen LogP contribution in [0.15, 0.2) is 59.1 Å². The van der Waals surface area contributed by atoms with Gasteiger partial charge in [0.15, 0.2) is 28.8 Å². The Hall–Kier alpha value is -3.98. The summed E-state index contributed by atoms with van der Waals surface area (Å²) in [7, 11) is 6.00. The van der Waals surface area contributed by atoms with E-state index in [9.17, 15) is 9.59 Å². The van der Waals surface area contributed by atoms with Gasteiger partial charge >= 0.3 is 0 Å². The number of amides is 1. The summed E-state index contributed by atoms with van der Waals surface area (Å²) in [4.78, 5) is 24.3. The summed E-state index contributed by atoms with van der Waals surface area (Å²) in [5.41, 5.74) is 7.62. The third-order valence-corrected chi connectivity index (χ3v) is 5.81. The second kappa shape index (κ2) is 12.1. The molecule has 3 aromatic rings. The van der Waals surface area contributed by atoms with Crippen LogP contribution in [0.2, 0.25) is 0 Å². The van der Waals surface area contributed by atoms with E-state index in [-0.39, 0.29) is 12.4 Å². The van der Waals surface area contributed by atoms with Crippen LogP contribution in [0.3, 0.4) is 0 Å². The SMILES string of the molecule is COc1cc(/C=C/C(=O)c2cc(OC)c(OC)c(OC)c2)cc(Br)c1OCc1cccc(C(N)=O)c1. The van der Waals surface area contributed by atoms with E-state index >= 15 is 0 Å². The van der Waals surface area contributed by atoms with Crippen LogP contribution in [0, 0.1) is 0 Å². The molecule has 3 rings (SSSR count). The lowest BCUT2D eigenvalue weighted by Crippen LogP contribution is -2.11. The summed E-state index contributed by atoms with van der Waals surface area (Å²) >= 11 is 3.51. The van der Waals surface area contributed by atoms with Crippen molar-refractivity contribution in [3.05, 3.63) is 81.3 Å². The molecule has 36 heavy (non-hydrogen) atoms. The van der Waals surface area contributed by atoms with Crippen LogP contribution in [-0.4, -0.2) is 40.1 Å². The molecule has 0 fully saturated rings. The van der Waals surface area contributed by atoms with E-state index in [1.165, 1.54) is 34.5 Å². The Morgan fingerprint density at radius 2 is 1.47 bits per heavy atom. The zero-order chi connectivity index (χ0) is 26.2. The zero-order valence-electron chi connectivity index (χ0n) is 20.3. The van der Waals surface area contributed by atoms with Crippen LogP contribution in [0.1, 0.15) is 31.8 Å². The van der Waals surface area contributed by atoms with Crippen LogP contribution >= 0.6 is 15.9 Å². The highest BCUT2D eigenvalue weighted by atomic mass is 79.9. The van der Waals surface area contributed by atoms with E-state index in [2.05, 4.69) is 15.9 Å². The maximum atomic E-state index is 12.9. The van der Waals surface area contributed by atoms with Crippen LogP contribution in [-0.2, 0) is 6.61 Å². The van der Waals surface area contributed by atoms with Gasteiger partial charge in [-0.05, 0) is 69.5 Å². The van der Waals surface area contributed by atoms with Crippen molar-refractivity contribution >= 4 is 33.7 Å². The van der Waals surface area contributed by atoms with Crippen LogP contribution in [0.25, 0.3) is 6.08 Å². The van der Waals surface area contributed by atoms with Gasteiger partial charge in [-0.25, -0.2) is 0 Å². The second-order valence-electron chi connectivity index (χ2n) is 7.50. The smallest absolute Gasteiger partial charge is 0.248 e. The van der Waals surface area contributed by atoms with Crippen molar-refractivity contribution in [2.45, 2.75) is 6.61 Å². The largest absolute Gasteiger partial charge is 0.493 e.